The number of carbonyl (C=O) groups is 1. The van der Waals surface area contributed by atoms with Gasteiger partial charge >= 0.3 is 6.03 Å². The molecule has 1 aliphatic carbocycles. The molecule has 2 aliphatic rings. The lowest BCUT2D eigenvalue weighted by molar-refractivity contribution is -0.0589. The number of rotatable bonds is 13. The van der Waals surface area contributed by atoms with Gasteiger partial charge < -0.3 is 25.4 Å². The molecule has 3 atom stereocenters. The standard InChI is InChI=1S/C29H47ClFN3O3/c1-3-37-18-8-7-16-29(36,25-14-9-15-26(30)27(25)31)23-13-10-17-34(21-23)28(35)33-24(20-32-2)19-22-11-5-4-6-12-22/h9,14-15,22-24,32,36H,3-8,10-13,16-21H2,1-2H3,(H,33,35). The van der Waals surface area contributed by atoms with Gasteiger partial charge in [-0.25, -0.2) is 9.18 Å². The zero-order valence-electron chi connectivity index (χ0n) is 22.7. The third-order valence-corrected chi connectivity index (χ3v) is 8.52. The highest BCUT2D eigenvalue weighted by molar-refractivity contribution is 6.30. The van der Waals surface area contributed by atoms with Crippen molar-refractivity contribution in [3.63, 3.8) is 0 Å². The summed E-state index contributed by atoms with van der Waals surface area (Å²) in [6.07, 6.45) is 10.7. The molecule has 0 bridgehead atoms. The number of urea groups is 1. The van der Waals surface area contributed by atoms with Crippen LogP contribution in [0.2, 0.25) is 5.02 Å². The molecule has 3 rings (SSSR count). The van der Waals surface area contributed by atoms with Crippen LogP contribution in [-0.2, 0) is 10.3 Å². The second-order valence-corrected chi connectivity index (χ2v) is 11.3. The zero-order chi connectivity index (χ0) is 26.7. The van der Waals surface area contributed by atoms with E-state index in [9.17, 15) is 9.90 Å². The number of ether oxygens (including phenoxy) is 1. The van der Waals surface area contributed by atoms with Crippen molar-refractivity contribution in [3.8, 4) is 0 Å². The van der Waals surface area contributed by atoms with Crippen LogP contribution in [0.1, 0.15) is 83.1 Å². The van der Waals surface area contributed by atoms with Crippen molar-refractivity contribution in [1.82, 2.24) is 15.5 Å². The Bertz CT molecular complexity index is 839. The summed E-state index contributed by atoms with van der Waals surface area (Å²) in [6.45, 7) is 4.96. The molecule has 1 aliphatic heterocycles. The molecular formula is C29H47ClFN3O3. The summed E-state index contributed by atoms with van der Waals surface area (Å²) in [5.74, 6) is -0.193. The van der Waals surface area contributed by atoms with Crippen molar-refractivity contribution in [2.45, 2.75) is 89.2 Å². The first-order chi connectivity index (χ1) is 17.9. The van der Waals surface area contributed by atoms with Gasteiger partial charge in [0.2, 0.25) is 0 Å². The molecule has 1 saturated carbocycles. The van der Waals surface area contributed by atoms with E-state index in [1.165, 1.54) is 38.2 Å². The fourth-order valence-corrected chi connectivity index (χ4v) is 6.40. The normalized spacial score (nSPS) is 21.4. The number of hydrogen-bond donors (Lipinski definition) is 3. The summed E-state index contributed by atoms with van der Waals surface area (Å²) >= 11 is 6.12. The second-order valence-electron chi connectivity index (χ2n) is 10.9. The van der Waals surface area contributed by atoms with E-state index in [4.69, 9.17) is 16.3 Å². The molecule has 6 nitrogen and oxygen atoms in total. The van der Waals surface area contributed by atoms with E-state index >= 15 is 4.39 Å². The van der Waals surface area contributed by atoms with Gasteiger partial charge in [0.15, 0.2) is 0 Å². The number of carbonyl (C=O) groups excluding carboxylic acids is 1. The Balaban J connectivity index is 1.71. The van der Waals surface area contributed by atoms with Crippen molar-refractivity contribution in [2.24, 2.45) is 11.8 Å². The maximum absolute atomic E-state index is 15.2. The lowest BCUT2D eigenvalue weighted by Crippen LogP contribution is -2.54. The molecule has 3 N–H and O–H groups in total. The number of benzene rings is 1. The van der Waals surface area contributed by atoms with Gasteiger partial charge in [0.05, 0.1) is 10.6 Å². The summed E-state index contributed by atoms with van der Waals surface area (Å²) in [5.41, 5.74) is -1.18. The van der Waals surface area contributed by atoms with E-state index in [0.717, 1.165) is 32.2 Å². The van der Waals surface area contributed by atoms with Crippen LogP contribution in [-0.4, -0.2) is 62.0 Å². The van der Waals surface area contributed by atoms with Crippen LogP contribution in [0.15, 0.2) is 18.2 Å². The first-order valence-corrected chi connectivity index (χ1v) is 14.7. The molecular weight excluding hydrogens is 493 g/mol. The number of halogens is 2. The zero-order valence-corrected chi connectivity index (χ0v) is 23.5. The van der Waals surface area contributed by atoms with E-state index in [2.05, 4.69) is 10.6 Å². The molecule has 1 heterocycles. The van der Waals surface area contributed by atoms with Crippen LogP contribution in [0, 0.1) is 17.7 Å². The fraction of sp³-hybridized carbons (Fsp3) is 0.759. The molecule has 1 saturated heterocycles. The van der Waals surface area contributed by atoms with Crippen LogP contribution in [0.4, 0.5) is 9.18 Å². The largest absolute Gasteiger partial charge is 0.385 e. The van der Waals surface area contributed by atoms with Gasteiger partial charge in [-0.15, -0.1) is 0 Å². The van der Waals surface area contributed by atoms with Gasteiger partial charge in [-0.1, -0.05) is 55.8 Å². The van der Waals surface area contributed by atoms with Gasteiger partial charge in [0, 0.05) is 50.4 Å². The molecule has 0 spiro atoms. The van der Waals surface area contributed by atoms with Crippen molar-refractivity contribution in [1.29, 1.82) is 0 Å². The monoisotopic (exact) mass is 539 g/mol. The lowest BCUT2D eigenvalue weighted by Gasteiger charge is -2.43. The summed E-state index contributed by atoms with van der Waals surface area (Å²) in [4.78, 5) is 15.2. The minimum Gasteiger partial charge on any atom is -0.385 e. The third-order valence-electron chi connectivity index (χ3n) is 8.22. The molecule has 0 aromatic heterocycles. The van der Waals surface area contributed by atoms with Crippen molar-refractivity contribution < 1.29 is 19.0 Å². The van der Waals surface area contributed by atoms with E-state index < -0.39 is 11.4 Å². The second kappa shape index (κ2) is 15.2. The maximum Gasteiger partial charge on any atom is 0.317 e. The SMILES string of the molecule is CCOCCCCC(O)(c1cccc(Cl)c1F)C1CCCN(C(=O)NC(CNC)CC2CCCCC2)C1. The van der Waals surface area contributed by atoms with Gasteiger partial charge in [-0.05, 0) is 64.5 Å². The Kier molecular flexibility index (Phi) is 12.4. The van der Waals surface area contributed by atoms with Crippen LogP contribution in [0.5, 0.6) is 0 Å². The van der Waals surface area contributed by atoms with Gasteiger partial charge in [-0.2, -0.15) is 0 Å². The first-order valence-electron chi connectivity index (χ1n) is 14.3. The molecule has 2 fully saturated rings. The number of nitrogens with one attached hydrogen (secondary N) is 2. The fourth-order valence-electron chi connectivity index (χ4n) is 6.22. The summed E-state index contributed by atoms with van der Waals surface area (Å²) < 4.78 is 20.7. The number of likely N-dealkylation sites (tertiary alicyclic amines) is 1. The average molecular weight is 540 g/mol. The number of likely N-dealkylation sites (N-methyl/N-ethyl adjacent to an activating group) is 1. The van der Waals surface area contributed by atoms with Crippen molar-refractivity contribution in [2.75, 3.05) is 39.9 Å². The number of hydrogen-bond acceptors (Lipinski definition) is 4. The van der Waals surface area contributed by atoms with E-state index in [1.807, 2.05) is 18.9 Å². The molecule has 0 radical (unpaired) electrons. The molecule has 210 valence electrons. The molecule has 37 heavy (non-hydrogen) atoms. The minimum absolute atomic E-state index is 0.00766. The maximum atomic E-state index is 15.2. The highest BCUT2D eigenvalue weighted by atomic mass is 35.5. The highest BCUT2D eigenvalue weighted by Gasteiger charge is 2.43. The van der Waals surface area contributed by atoms with Crippen molar-refractivity contribution in [3.05, 3.63) is 34.6 Å². The first kappa shape index (κ1) is 30.1. The average Bonchev–Trinajstić information content (AvgIpc) is 2.90. The van der Waals surface area contributed by atoms with Crippen LogP contribution in [0.25, 0.3) is 0 Å². The number of amides is 2. The summed E-state index contributed by atoms with van der Waals surface area (Å²) in [7, 11) is 1.92. The van der Waals surface area contributed by atoms with E-state index in [-0.39, 0.29) is 28.6 Å². The topological polar surface area (TPSA) is 73.8 Å². The Morgan fingerprint density at radius 1 is 1.24 bits per heavy atom. The number of aliphatic hydroxyl groups is 1. The minimum atomic E-state index is -1.41. The van der Waals surface area contributed by atoms with E-state index in [1.54, 1.807) is 12.1 Å². The molecule has 2 amide bonds. The lowest BCUT2D eigenvalue weighted by atomic mass is 9.74. The van der Waals surface area contributed by atoms with E-state index in [0.29, 0.717) is 45.1 Å². The predicted octanol–water partition coefficient (Wildman–Crippen LogP) is 5.85. The Labute approximate surface area is 227 Å². The van der Waals surface area contributed by atoms with Crippen LogP contribution < -0.4 is 10.6 Å². The quantitative estimate of drug-likeness (QED) is 0.275. The van der Waals surface area contributed by atoms with Gasteiger partial charge in [-0.3, -0.25) is 0 Å². The summed E-state index contributed by atoms with van der Waals surface area (Å²) in [6, 6.07) is 4.81. The Hall–Kier alpha value is -1.41. The van der Waals surface area contributed by atoms with Gasteiger partial charge in [0.25, 0.3) is 0 Å². The molecule has 1 aromatic carbocycles. The van der Waals surface area contributed by atoms with Crippen LogP contribution >= 0.6 is 11.6 Å². The number of piperidine rings is 1. The molecule has 8 heteroatoms. The highest BCUT2D eigenvalue weighted by Crippen LogP contribution is 2.42. The smallest absolute Gasteiger partial charge is 0.317 e. The Morgan fingerprint density at radius 3 is 2.76 bits per heavy atom. The predicted molar refractivity (Wildman–Crippen MR) is 147 cm³/mol. The van der Waals surface area contributed by atoms with Crippen molar-refractivity contribution >= 4 is 17.6 Å². The molecule has 3 unspecified atom stereocenters. The number of nitrogens with zero attached hydrogens (tertiary/aromatic N) is 1. The van der Waals surface area contributed by atoms with Gasteiger partial charge in [0.1, 0.15) is 5.82 Å². The molecule has 1 aromatic rings. The number of unbranched alkanes of at least 4 members (excludes halogenated alkanes) is 1. The third kappa shape index (κ3) is 8.54. The Morgan fingerprint density at radius 2 is 2.03 bits per heavy atom. The van der Waals surface area contributed by atoms with Crippen LogP contribution in [0.3, 0.4) is 0 Å². The summed E-state index contributed by atoms with van der Waals surface area (Å²) in [5, 5.41) is 18.5.